The summed E-state index contributed by atoms with van der Waals surface area (Å²) in [6.45, 7) is 4.07. The average molecular weight is 309 g/mol. The van der Waals surface area contributed by atoms with Crippen molar-refractivity contribution in [2.45, 2.75) is 38.4 Å². The van der Waals surface area contributed by atoms with Crippen molar-refractivity contribution in [3.8, 4) is 0 Å². The molecule has 0 saturated carbocycles. The summed E-state index contributed by atoms with van der Waals surface area (Å²) in [4.78, 5) is 11.3. The Morgan fingerprint density at radius 2 is 2.19 bits per heavy atom. The zero-order valence-corrected chi connectivity index (χ0v) is 13.0. The topological polar surface area (TPSA) is 67.8 Å². The average Bonchev–Trinajstić information content (AvgIpc) is 3.03. The van der Waals surface area contributed by atoms with Crippen LogP contribution in [0.1, 0.15) is 42.3 Å². The van der Waals surface area contributed by atoms with E-state index >= 15 is 0 Å². The van der Waals surface area contributed by atoms with Gasteiger partial charge in [0.25, 0.3) is 0 Å². The largest absolute Gasteiger partial charge is 0.477 e. The second-order valence-corrected chi connectivity index (χ2v) is 6.17. The molecule has 0 aromatic carbocycles. The van der Waals surface area contributed by atoms with Crippen molar-refractivity contribution in [2.24, 2.45) is 0 Å². The van der Waals surface area contributed by atoms with Gasteiger partial charge in [0.05, 0.1) is 18.9 Å². The number of ether oxygens (including phenoxy) is 2. The van der Waals surface area contributed by atoms with E-state index in [2.05, 4.69) is 12.2 Å². The van der Waals surface area contributed by atoms with E-state index < -0.39 is 11.8 Å². The summed E-state index contributed by atoms with van der Waals surface area (Å²) >= 11 is 1.08. The number of hydrogen-bond acceptors (Lipinski definition) is 5. The molecule has 114 valence electrons. The van der Waals surface area contributed by atoms with Gasteiger partial charge in [0.15, 0.2) is 5.79 Å². The highest BCUT2D eigenvalue weighted by Crippen LogP contribution is 2.30. The Morgan fingerprint density at radius 1 is 1.48 bits per heavy atom. The number of anilines is 1. The fraction of sp³-hybridized carbons (Fsp3) is 0.643. The van der Waals surface area contributed by atoms with Gasteiger partial charge in [-0.2, -0.15) is 0 Å². The first-order valence-electron chi connectivity index (χ1n) is 7.21. The highest BCUT2D eigenvalue weighted by Gasteiger charge is 2.34. The molecular weight excluding hydrogens is 289 g/mol. The third-order valence-electron chi connectivity index (χ3n) is 3.44. The summed E-state index contributed by atoms with van der Waals surface area (Å²) in [5.41, 5.74) is 0.586. The standard InChI is InChI=1S/C14H20BNO4S/c1-2-4-14(19-7-8-20-14)5-3-6-16-10-9-11(15)21-12(10)13(17)18/h9,16H,2-8H2,1H3,(H,17,18). The molecule has 0 amide bonds. The van der Waals surface area contributed by atoms with Crippen molar-refractivity contribution >= 4 is 35.6 Å². The third-order valence-corrected chi connectivity index (χ3v) is 4.39. The second-order valence-electron chi connectivity index (χ2n) is 5.08. The van der Waals surface area contributed by atoms with E-state index in [0.29, 0.717) is 30.2 Å². The van der Waals surface area contributed by atoms with Gasteiger partial charge >= 0.3 is 5.97 Å². The highest BCUT2D eigenvalue weighted by atomic mass is 32.1. The van der Waals surface area contributed by atoms with Crippen LogP contribution in [0.4, 0.5) is 5.69 Å². The van der Waals surface area contributed by atoms with Crippen molar-refractivity contribution < 1.29 is 19.4 Å². The van der Waals surface area contributed by atoms with Crippen LogP contribution >= 0.6 is 11.3 Å². The number of hydrogen-bond donors (Lipinski definition) is 2. The molecule has 1 aromatic heterocycles. The normalized spacial score (nSPS) is 17.0. The molecule has 2 heterocycles. The zero-order valence-electron chi connectivity index (χ0n) is 12.2. The van der Waals surface area contributed by atoms with Crippen LogP contribution in [-0.4, -0.2) is 44.5 Å². The van der Waals surface area contributed by atoms with Crippen LogP contribution in [0, 0.1) is 0 Å². The molecule has 0 bridgehead atoms. The number of nitrogens with one attached hydrogen (secondary N) is 1. The molecule has 0 unspecified atom stereocenters. The van der Waals surface area contributed by atoms with Gasteiger partial charge in [-0.05, 0) is 17.3 Å². The summed E-state index contributed by atoms with van der Waals surface area (Å²) < 4.78 is 12.0. The number of carbonyl (C=O) groups is 1. The molecule has 1 aliphatic heterocycles. The molecular formula is C14H20BNO4S. The minimum Gasteiger partial charge on any atom is -0.477 e. The van der Waals surface area contributed by atoms with Crippen LogP contribution in [0.5, 0.6) is 0 Å². The van der Waals surface area contributed by atoms with E-state index in [9.17, 15) is 4.79 Å². The third kappa shape index (κ3) is 4.21. The minimum atomic E-state index is -0.955. The molecule has 0 aliphatic carbocycles. The predicted molar refractivity (Wildman–Crippen MR) is 83.9 cm³/mol. The molecule has 2 radical (unpaired) electrons. The van der Waals surface area contributed by atoms with Crippen LogP contribution in [0.15, 0.2) is 6.07 Å². The van der Waals surface area contributed by atoms with E-state index in [0.717, 1.165) is 37.0 Å². The Labute approximate surface area is 130 Å². The SMILES string of the molecule is [B]c1cc(NCCCC2(CCC)OCCO2)c(C(=O)O)s1. The maximum atomic E-state index is 11.1. The molecule has 5 nitrogen and oxygen atoms in total. The molecule has 1 fully saturated rings. The number of thiophene rings is 1. The van der Waals surface area contributed by atoms with Crippen LogP contribution in [0.25, 0.3) is 0 Å². The van der Waals surface area contributed by atoms with Crippen molar-refractivity contribution in [2.75, 3.05) is 25.1 Å². The summed E-state index contributed by atoms with van der Waals surface area (Å²) in [6, 6.07) is 1.67. The summed E-state index contributed by atoms with van der Waals surface area (Å²) in [7, 11) is 5.66. The molecule has 0 atom stereocenters. The van der Waals surface area contributed by atoms with Gasteiger partial charge in [-0.1, -0.05) is 13.3 Å². The van der Waals surface area contributed by atoms with Crippen LogP contribution < -0.4 is 10.1 Å². The van der Waals surface area contributed by atoms with E-state index in [4.69, 9.17) is 22.4 Å². The lowest BCUT2D eigenvalue weighted by Crippen LogP contribution is -2.30. The molecule has 1 saturated heterocycles. The maximum absolute atomic E-state index is 11.1. The summed E-state index contributed by atoms with van der Waals surface area (Å²) in [5.74, 6) is -1.40. The summed E-state index contributed by atoms with van der Waals surface area (Å²) in [6.07, 6.45) is 3.54. The molecule has 7 heteroatoms. The lowest BCUT2D eigenvalue weighted by molar-refractivity contribution is -0.167. The second kappa shape index (κ2) is 7.29. The van der Waals surface area contributed by atoms with Crippen molar-refractivity contribution in [3.05, 3.63) is 10.9 Å². The van der Waals surface area contributed by atoms with Crippen LogP contribution in [-0.2, 0) is 9.47 Å². The van der Waals surface area contributed by atoms with E-state index in [1.54, 1.807) is 6.07 Å². The molecule has 0 spiro atoms. The smallest absolute Gasteiger partial charge is 0.347 e. The fourth-order valence-corrected chi connectivity index (χ4v) is 3.31. The Bertz CT molecular complexity index is 485. The Hall–Kier alpha value is -1.05. The van der Waals surface area contributed by atoms with Gasteiger partial charge in [-0.3, -0.25) is 0 Å². The van der Waals surface area contributed by atoms with Gasteiger partial charge in [0.2, 0.25) is 0 Å². The monoisotopic (exact) mass is 309 g/mol. The van der Waals surface area contributed by atoms with Crippen molar-refractivity contribution in [3.63, 3.8) is 0 Å². The van der Waals surface area contributed by atoms with Crippen LogP contribution in [0.3, 0.4) is 0 Å². The maximum Gasteiger partial charge on any atom is 0.347 e. The highest BCUT2D eigenvalue weighted by molar-refractivity contribution is 7.22. The molecule has 2 N–H and O–H groups in total. The first-order valence-corrected chi connectivity index (χ1v) is 8.02. The van der Waals surface area contributed by atoms with Crippen molar-refractivity contribution in [1.82, 2.24) is 0 Å². The Kier molecular flexibility index (Phi) is 5.67. The van der Waals surface area contributed by atoms with Gasteiger partial charge in [-0.25, -0.2) is 4.79 Å². The number of carboxylic acids is 1. The molecule has 21 heavy (non-hydrogen) atoms. The first-order chi connectivity index (χ1) is 10.1. The van der Waals surface area contributed by atoms with Crippen LogP contribution in [0.2, 0.25) is 0 Å². The molecule has 1 aliphatic rings. The number of rotatable bonds is 8. The Morgan fingerprint density at radius 3 is 2.81 bits per heavy atom. The Balaban J connectivity index is 1.83. The number of aromatic carboxylic acids is 1. The minimum absolute atomic E-state index is 0.254. The van der Waals surface area contributed by atoms with Gasteiger partial charge in [0, 0.05) is 19.4 Å². The quantitative estimate of drug-likeness (QED) is 0.568. The van der Waals surface area contributed by atoms with Gasteiger partial charge < -0.3 is 19.9 Å². The first kappa shape index (κ1) is 16.3. The summed E-state index contributed by atoms with van der Waals surface area (Å²) in [5, 5.41) is 12.2. The van der Waals surface area contributed by atoms with Crippen molar-refractivity contribution in [1.29, 1.82) is 0 Å². The predicted octanol–water partition coefficient (Wildman–Crippen LogP) is 1.98. The molecule has 2 rings (SSSR count). The zero-order chi connectivity index (χ0) is 15.3. The van der Waals surface area contributed by atoms with Gasteiger partial charge in [0.1, 0.15) is 12.7 Å². The van der Waals surface area contributed by atoms with E-state index in [1.807, 2.05) is 0 Å². The lowest BCUT2D eigenvalue weighted by Gasteiger charge is -2.27. The van der Waals surface area contributed by atoms with E-state index in [1.165, 1.54) is 0 Å². The molecule has 1 aromatic rings. The number of carboxylic acid groups (broad SMARTS) is 1. The lowest BCUT2D eigenvalue weighted by atomic mass is 10.0. The van der Waals surface area contributed by atoms with Gasteiger partial charge in [-0.15, -0.1) is 11.3 Å². The fourth-order valence-electron chi connectivity index (χ4n) is 2.57. The van der Waals surface area contributed by atoms with E-state index in [-0.39, 0.29) is 4.88 Å².